The molecule has 1 heterocycles. The van der Waals surface area contributed by atoms with Crippen LogP contribution >= 0.6 is 23.2 Å². The van der Waals surface area contributed by atoms with Crippen molar-refractivity contribution in [3.05, 3.63) is 28.2 Å². The summed E-state index contributed by atoms with van der Waals surface area (Å²) in [6, 6.07) is 5.75. The second-order valence-corrected chi connectivity index (χ2v) is 5.90. The lowest BCUT2D eigenvalue weighted by Gasteiger charge is -2.39. The maximum Gasteiger partial charge on any atom is 0.156 e. The van der Waals surface area contributed by atoms with Crippen molar-refractivity contribution in [3.63, 3.8) is 0 Å². The Morgan fingerprint density at radius 3 is 2.65 bits per heavy atom. The van der Waals surface area contributed by atoms with Gasteiger partial charge in [0.15, 0.2) is 5.75 Å². The highest BCUT2D eigenvalue weighted by atomic mass is 35.5. The number of likely N-dealkylation sites (N-methyl/N-ethyl adjacent to an activating group) is 1. The van der Waals surface area contributed by atoms with E-state index in [4.69, 9.17) is 33.7 Å². The molecule has 0 bridgehead atoms. The zero-order chi connectivity index (χ0) is 14.5. The molecule has 0 aliphatic carbocycles. The van der Waals surface area contributed by atoms with Gasteiger partial charge in [-0.25, -0.2) is 0 Å². The minimum atomic E-state index is 0.388. The van der Waals surface area contributed by atoms with E-state index in [9.17, 15) is 0 Å². The Labute approximate surface area is 130 Å². The third-order valence-electron chi connectivity index (χ3n) is 3.62. The summed E-state index contributed by atoms with van der Waals surface area (Å²) in [5.74, 6) is 0.564. The summed E-state index contributed by atoms with van der Waals surface area (Å²) < 4.78 is 5.73. The molecule has 0 spiro atoms. The summed E-state index contributed by atoms with van der Waals surface area (Å²) in [4.78, 5) is 4.67. The SMILES string of the molecule is CN1CCN(CCOc2c(Cl)cccc2Cl)C(CN)C1. The van der Waals surface area contributed by atoms with Crippen LogP contribution in [0.25, 0.3) is 0 Å². The van der Waals surface area contributed by atoms with Crippen molar-refractivity contribution in [1.29, 1.82) is 0 Å². The van der Waals surface area contributed by atoms with Gasteiger partial charge in [0.25, 0.3) is 0 Å². The summed E-state index contributed by atoms with van der Waals surface area (Å²) in [6.45, 7) is 5.13. The van der Waals surface area contributed by atoms with Crippen LogP contribution in [0.15, 0.2) is 18.2 Å². The molecule has 20 heavy (non-hydrogen) atoms. The average molecular weight is 318 g/mol. The van der Waals surface area contributed by atoms with Crippen LogP contribution in [0.5, 0.6) is 5.75 Å². The lowest BCUT2D eigenvalue weighted by Crippen LogP contribution is -2.55. The number of halogens is 2. The molecule has 6 heteroatoms. The highest BCUT2D eigenvalue weighted by molar-refractivity contribution is 6.37. The van der Waals surface area contributed by atoms with Crippen molar-refractivity contribution >= 4 is 23.2 Å². The van der Waals surface area contributed by atoms with Crippen molar-refractivity contribution in [2.45, 2.75) is 6.04 Å². The molecule has 1 unspecified atom stereocenters. The molecule has 2 N–H and O–H groups in total. The lowest BCUT2D eigenvalue weighted by atomic mass is 10.2. The second kappa shape index (κ2) is 7.48. The van der Waals surface area contributed by atoms with Gasteiger partial charge in [0, 0.05) is 38.8 Å². The zero-order valence-corrected chi connectivity index (χ0v) is 13.2. The van der Waals surface area contributed by atoms with Crippen LogP contribution in [-0.4, -0.2) is 62.2 Å². The van der Waals surface area contributed by atoms with Crippen LogP contribution in [0.3, 0.4) is 0 Å². The van der Waals surface area contributed by atoms with E-state index in [1.807, 2.05) is 6.07 Å². The van der Waals surface area contributed by atoms with E-state index >= 15 is 0 Å². The topological polar surface area (TPSA) is 41.7 Å². The van der Waals surface area contributed by atoms with Crippen LogP contribution in [-0.2, 0) is 0 Å². The Bertz CT molecular complexity index is 424. The van der Waals surface area contributed by atoms with E-state index in [0.29, 0.717) is 35.0 Å². The monoisotopic (exact) mass is 317 g/mol. The maximum atomic E-state index is 6.08. The molecular formula is C14H21Cl2N3O. The highest BCUT2D eigenvalue weighted by Crippen LogP contribution is 2.32. The Hall–Kier alpha value is -0.520. The molecule has 0 aromatic heterocycles. The van der Waals surface area contributed by atoms with E-state index in [-0.39, 0.29) is 0 Å². The van der Waals surface area contributed by atoms with E-state index < -0.39 is 0 Å². The summed E-state index contributed by atoms with van der Waals surface area (Å²) in [5.41, 5.74) is 5.84. The molecule has 1 atom stereocenters. The fourth-order valence-electron chi connectivity index (χ4n) is 2.45. The van der Waals surface area contributed by atoms with Crippen molar-refractivity contribution in [3.8, 4) is 5.75 Å². The minimum Gasteiger partial charge on any atom is -0.489 e. The first-order chi connectivity index (χ1) is 9.61. The predicted molar refractivity (Wildman–Crippen MR) is 83.9 cm³/mol. The van der Waals surface area contributed by atoms with Gasteiger partial charge in [-0.1, -0.05) is 29.3 Å². The molecule has 1 aromatic rings. The number of para-hydroxylation sites is 1. The molecule has 1 aliphatic rings. The Morgan fingerprint density at radius 2 is 2.00 bits per heavy atom. The molecule has 0 amide bonds. The predicted octanol–water partition coefficient (Wildman–Crippen LogP) is 1.95. The number of piperazine rings is 1. The first-order valence-corrected chi connectivity index (χ1v) is 7.57. The quantitative estimate of drug-likeness (QED) is 0.901. The fourth-order valence-corrected chi connectivity index (χ4v) is 2.96. The van der Waals surface area contributed by atoms with Gasteiger partial charge in [0.1, 0.15) is 6.61 Å². The Balaban J connectivity index is 1.86. The minimum absolute atomic E-state index is 0.388. The molecule has 1 aliphatic heterocycles. The van der Waals surface area contributed by atoms with Gasteiger partial charge in [0.05, 0.1) is 10.0 Å². The summed E-state index contributed by atoms with van der Waals surface area (Å²) in [5, 5.41) is 1.09. The molecule has 112 valence electrons. The number of hydrogen-bond acceptors (Lipinski definition) is 4. The maximum absolute atomic E-state index is 6.08. The number of nitrogens with two attached hydrogens (primary N) is 1. The van der Waals surface area contributed by atoms with Crippen LogP contribution in [0.1, 0.15) is 0 Å². The number of ether oxygens (including phenoxy) is 1. The van der Waals surface area contributed by atoms with E-state index in [1.54, 1.807) is 12.1 Å². The van der Waals surface area contributed by atoms with Crippen LogP contribution in [0.4, 0.5) is 0 Å². The average Bonchev–Trinajstić information content (AvgIpc) is 2.43. The molecule has 4 nitrogen and oxygen atoms in total. The van der Waals surface area contributed by atoms with Crippen LogP contribution in [0, 0.1) is 0 Å². The molecule has 1 aromatic carbocycles. The Kier molecular flexibility index (Phi) is 5.93. The smallest absolute Gasteiger partial charge is 0.156 e. The number of hydrogen-bond donors (Lipinski definition) is 1. The van der Waals surface area contributed by atoms with E-state index in [1.165, 1.54) is 0 Å². The third-order valence-corrected chi connectivity index (χ3v) is 4.22. The molecule has 0 saturated carbocycles. The second-order valence-electron chi connectivity index (χ2n) is 5.09. The number of nitrogens with zero attached hydrogens (tertiary/aromatic N) is 2. The van der Waals surface area contributed by atoms with Gasteiger partial charge in [-0.05, 0) is 19.2 Å². The van der Waals surface area contributed by atoms with Gasteiger partial charge in [-0.3, -0.25) is 4.90 Å². The zero-order valence-electron chi connectivity index (χ0n) is 11.7. The third kappa shape index (κ3) is 3.99. The molecule has 1 fully saturated rings. The molecular weight excluding hydrogens is 297 g/mol. The lowest BCUT2D eigenvalue weighted by molar-refractivity contribution is 0.0807. The Morgan fingerprint density at radius 1 is 1.30 bits per heavy atom. The van der Waals surface area contributed by atoms with Crippen molar-refractivity contribution < 1.29 is 4.74 Å². The van der Waals surface area contributed by atoms with Crippen molar-refractivity contribution in [2.75, 3.05) is 46.4 Å². The molecule has 2 rings (SSSR count). The van der Waals surface area contributed by atoms with Gasteiger partial charge in [0.2, 0.25) is 0 Å². The van der Waals surface area contributed by atoms with Gasteiger partial charge in [-0.2, -0.15) is 0 Å². The van der Waals surface area contributed by atoms with Gasteiger partial charge >= 0.3 is 0 Å². The summed E-state index contributed by atoms with van der Waals surface area (Å²) in [7, 11) is 2.13. The molecule has 0 radical (unpaired) electrons. The van der Waals surface area contributed by atoms with Gasteiger partial charge < -0.3 is 15.4 Å². The normalized spacial score (nSPS) is 21.1. The fraction of sp³-hybridized carbons (Fsp3) is 0.571. The number of rotatable bonds is 5. The van der Waals surface area contributed by atoms with Crippen molar-refractivity contribution in [2.24, 2.45) is 5.73 Å². The standard InChI is InChI=1S/C14H21Cl2N3O/c1-18-5-6-19(11(9-17)10-18)7-8-20-14-12(15)3-2-4-13(14)16/h2-4,11H,5-10,17H2,1H3. The van der Waals surface area contributed by atoms with E-state index in [0.717, 1.165) is 26.2 Å². The number of benzene rings is 1. The van der Waals surface area contributed by atoms with Crippen LogP contribution < -0.4 is 10.5 Å². The van der Waals surface area contributed by atoms with Crippen molar-refractivity contribution in [1.82, 2.24) is 9.80 Å². The first kappa shape index (κ1) is 15.9. The molecule has 1 saturated heterocycles. The van der Waals surface area contributed by atoms with Crippen LogP contribution in [0.2, 0.25) is 10.0 Å². The summed E-state index contributed by atoms with van der Waals surface area (Å²) >= 11 is 12.2. The highest BCUT2D eigenvalue weighted by Gasteiger charge is 2.23. The largest absolute Gasteiger partial charge is 0.489 e. The first-order valence-electron chi connectivity index (χ1n) is 6.81. The van der Waals surface area contributed by atoms with Gasteiger partial charge in [-0.15, -0.1) is 0 Å². The summed E-state index contributed by atoms with van der Waals surface area (Å²) in [6.07, 6.45) is 0. The van der Waals surface area contributed by atoms with E-state index in [2.05, 4.69) is 16.8 Å².